The third kappa shape index (κ3) is 9.78. The van der Waals surface area contributed by atoms with Gasteiger partial charge in [0.15, 0.2) is 0 Å². The molecule has 0 spiro atoms. The van der Waals surface area contributed by atoms with Gasteiger partial charge in [-0.3, -0.25) is 19.4 Å². The van der Waals surface area contributed by atoms with E-state index < -0.39 is 0 Å². The summed E-state index contributed by atoms with van der Waals surface area (Å²) in [6.07, 6.45) is 8.37. The molecule has 188 valence electrons. The van der Waals surface area contributed by atoms with E-state index in [1.807, 2.05) is 19.1 Å². The van der Waals surface area contributed by atoms with Gasteiger partial charge in [-0.1, -0.05) is 13.5 Å². The van der Waals surface area contributed by atoms with Crippen LogP contribution in [-0.2, 0) is 16.0 Å². The predicted molar refractivity (Wildman–Crippen MR) is 135 cm³/mol. The molecule has 4 N–H and O–H groups in total. The Labute approximate surface area is 205 Å². The van der Waals surface area contributed by atoms with Gasteiger partial charge in [-0.2, -0.15) is 4.98 Å². The van der Waals surface area contributed by atoms with Crippen LogP contribution in [0.3, 0.4) is 0 Å². The molecule has 35 heavy (non-hydrogen) atoms. The molecule has 0 saturated carbocycles. The number of amides is 3. The minimum atomic E-state index is -0.322. The molecule has 2 heterocycles. The molecule has 0 unspecified atom stereocenters. The van der Waals surface area contributed by atoms with Gasteiger partial charge in [0.25, 0.3) is 5.91 Å². The molecule has 0 aliphatic rings. The average Bonchev–Trinajstić information content (AvgIpc) is 2.87. The Morgan fingerprint density at radius 2 is 1.80 bits per heavy atom. The molecule has 11 nitrogen and oxygen atoms in total. The first-order valence-electron chi connectivity index (χ1n) is 11.6. The number of likely N-dealkylation sites (N-methyl/N-ethyl adjacent to an activating group) is 1. The maximum absolute atomic E-state index is 12.7. The van der Waals surface area contributed by atoms with Gasteiger partial charge in [0.1, 0.15) is 11.4 Å². The summed E-state index contributed by atoms with van der Waals surface area (Å²) in [6, 6.07) is 3.91. The minimum absolute atomic E-state index is 0.0516. The highest BCUT2D eigenvalue weighted by atomic mass is 16.2. The second-order valence-corrected chi connectivity index (χ2v) is 7.77. The first-order valence-corrected chi connectivity index (χ1v) is 11.6. The van der Waals surface area contributed by atoms with E-state index in [1.54, 1.807) is 12.4 Å². The molecule has 0 radical (unpaired) electrons. The Morgan fingerprint density at radius 3 is 2.51 bits per heavy atom. The molecule has 2 rings (SSSR count). The van der Waals surface area contributed by atoms with E-state index in [4.69, 9.17) is 0 Å². The lowest BCUT2D eigenvalue weighted by Crippen LogP contribution is -2.38. The molecule has 3 amide bonds. The number of carbonyl (C=O) groups is 3. The van der Waals surface area contributed by atoms with Crippen molar-refractivity contribution in [3.63, 3.8) is 0 Å². The van der Waals surface area contributed by atoms with Crippen LogP contribution in [0, 0.1) is 0 Å². The lowest BCUT2D eigenvalue weighted by Gasteiger charge is -2.15. The standard InChI is InChI=1S/C24H34N8O3/c1-4-10-27-22-19(16-30-24(31-22)29-15-9-18-7-13-25-14-8-18)23(35)28-12-6-11-26-20(33)17-32(3)21(34)5-2/h5,7-8,13-14,16H,2,4,6,9-12,15,17H2,1,3H3,(H,26,33)(H,28,35)(H2,27,29,30,31). The number of carbonyl (C=O) groups excluding carboxylic acids is 3. The number of aromatic nitrogens is 3. The Balaban J connectivity index is 1.82. The van der Waals surface area contributed by atoms with E-state index in [-0.39, 0.29) is 24.3 Å². The van der Waals surface area contributed by atoms with Crippen molar-refractivity contribution in [2.24, 2.45) is 0 Å². The molecule has 0 atom stereocenters. The van der Waals surface area contributed by atoms with Crippen molar-refractivity contribution in [2.75, 3.05) is 50.4 Å². The van der Waals surface area contributed by atoms with Crippen LogP contribution >= 0.6 is 0 Å². The zero-order valence-electron chi connectivity index (χ0n) is 20.3. The van der Waals surface area contributed by atoms with Gasteiger partial charge in [-0.25, -0.2) is 4.98 Å². The van der Waals surface area contributed by atoms with Crippen LogP contribution in [0.5, 0.6) is 0 Å². The molecule has 0 saturated heterocycles. The SMILES string of the molecule is C=CC(=O)N(C)CC(=O)NCCCNC(=O)c1cnc(NCCc2ccncc2)nc1NCCC. The first kappa shape index (κ1) is 27.2. The van der Waals surface area contributed by atoms with Gasteiger partial charge < -0.3 is 26.2 Å². The highest BCUT2D eigenvalue weighted by Gasteiger charge is 2.15. The minimum Gasteiger partial charge on any atom is -0.369 e. The Morgan fingerprint density at radius 1 is 1.06 bits per heavy atom. The second kappa shape index (κ2) is 15.0. The molecule has 0 aliphatic carbocycles. The van der Waals surface area contributed by atoms with Crippen LogP contribution in [0.1, 0.15) is 35.7 Å². The zero-order valence-corrected chi connectivity index (χ0v) is 20.3. The first-order chi connectivity index (χ1) is 16.9. The van der Waals surface area contributed by atoms with Gasteiger partial charge in [-0.05, 0) is 43.0 Å². The van der Waals surface area contributed by atoms with Crippen LogP contribution in [0.25, 0.3) is 0 Å². The van der Waals surface area contributed by atoms with Crippen molar-refractivity contribution in [1.82, 2.24) is 30.5 Å². The topological polar surface area (TPSA) is 141 Å². The molecular weight excluding hydrogens is 448 g/mol. The van der Waals surface area contributed by atoms with Crippen molar-refractivity contribution in [2.45, 2.75) is 26.2 Å². The summed E-state index contributed by atoms with van der Waals surface area (Å²) in [7, 11) is 1.53. The van der Waals surface area contributed by atoms with Crippen molar-refractivity contribution in [3.05, 3.63) is 54.5 Å². The molecular formula is C24H34N8O3. The highest BCUT2D eigenvalue weighted by molar-refractivity contribution is 5.98. The van der Waals surface area contributed by atoms with E-state index >= 15 is 0 Å². The maximum atomic E-state index is 12.7. The fourth-order valence-electron chi connectivity index (χ4n) is 3.00. The summed E-state index contributed by atoms with van der Waals surface area (Å²) >= 11 is 0. The summed E-state index contributed by atoms with van der Waals surface area (Å²) in [5, 5.41) is 11.9. The summed E-state index contributed by atoms with van der Waals surface area (Å²) in [6.45, 7) is 7.41. The van der Waals surface area contributed by atoms with Crippen LogP contribution in [-0.4, -0.2) is 77.3 Å². The maximum Gasteiger partial charge on any atom is 0.256 e. The number of pyridine rings is 1. The normalized spacial score (nSPS) is 10.2. The number of anilines is 2. The van der Waals surface area contributed by atoms with Crippen molar-refractivity contribution < 1.29 is 14.4 Å². The number of hydrogen-bond donors (Lipinski definition) is 4. The number of nitrogens with zero attached hydrogens (tertiary/aromatic N) is 4. The third-order valence-electron chi connectivity index (χ3n) is 4.91. The summed E-state index contributed by atoms with van der Waals surface area (Å²) in [4.78, 5) is 50.0. The van der Waals surface area contributed by atoms with Crippen LogP contribution in [0.15, 0.2) is 43.4 Å². The van der Waals surface area contributed by atoms with Gasteiger partial charge in [0, 0.05) is 51.8 Å². The summed E-state index contributed by atoms with van der Waals surface area (Å²) in [5.74, 6) is 0.0120. The number of hydrogen-bond acceptors (Lipinski definition) is 8. The Bertz CT molecular complexity index is 984. The van der Waals surface area contributed by atoms with Gasteiger partial charge in [0.2, 0.25) is 17.8 Å². The second-order valence-electron chi connectivity index (χ2n) is 7.77. The number of nitrogens with one attached hydrogen (secondary N) is 4. The fourth-order valence-corrected chi connectivity index (χ4v) is 3.00. The summed E-state index contributed by atoms with van der Waals surface area (Å²) in [5.41, 5.74) is 1.51. The van der Waals surface area contributed by atoms with Crippen LogP contribution in [0.2, 0.25) is 0 Å². The molecule has 11 heteroatoms. The lowest BCUT2D eigenvalue weighted by atomic mass is 10.2. The van der Waals surface area contributed by atoms with Crippen LogP contribution < -0.4 is 21.3 Å². The molecule has 0 aromatic carbocycles. The smallest absolute Gasteiger partial charge is 0.256 e. The van der Waals surface area contributed by atoms with Crippen molar-refractivity contribution in [1.29, 1.82) is 0 Å². The highest BCUT2D eigenvalue weighted by Crippen LogP contribution is 2.14. The monoisotopic (exact) mass is 482 g/mol. The third-order valence-corrected chi connectivity index (χ3v) is 4.91. The lowest BCUT2D eigenvalue weighted by molar-refractivity contribution is -0.131. The van der Waals surface area contributed by atoms with E-state index in [0.717, 1.165) is 24.5 Å². The van der Waals surface area contributed by atoms with E-state index in [2.05, 4.69) is 42.8 Å². The molecule has 2 aromatic rings. The molecule has 0 aliphatic heterocycles. The molecule has 2 aromatic heterocycles. The van der Waals surface area contributed by atoms with E-state index in [1.165, 1.54) is 18.1 Å². The van der Waals surface area contributed by atoms with Gasteiger partial charge in [0.05, 0.1) is 6.54 Å². The molecule has 0 bridgehead atoms. The summed E-state index contributed by atoms with van der Waals surface area (Å²) < 4.78 is 0. The Hall–Kier alpha value is -4.02. The number of rotatable bonds is 15. The van der Waals surface area contributed by atoms with E-state index in [0.29, 0.717) is 49.9 Å². The predicted octanol–water partition coefficient (Wildman–Crippen LogP) is 1.23. The Kier molecular flexibility index (Phi) is 11.7. The molecule has 0 fully saturated rings. The van der Waals surface area contributed by atoms with Crippen molar-refractivity contribution >= 4 is 29.5 Å². The van der Waals surface area contributed by atoms with Crippen molar-refractivity contribution in [3.8, 4) is 0 Å². The quantitative estimate of drug-likeness (QED) is 0.219. The average molecular weight is 483 g/mol. The van der Waals surface area contributed by atoms with E-state index in [9.17, 15) is 14.4 Å². The van der Waals surface area contributed by atoms with Crippen LogP contribution in [0.4, 0.5) is 11.8 Å². The van der Waals surface area contributed by atoms with Gasteiger partial charge >= 0.3 is 0 Å². The van der Waals surface area contributed by atoms with Gasteiger partial charge in [-0.15, -0.1) is 0 Å². The largest absolute Gasteiger partial charge is 0.369 e. The zero-order chi connectivity index (χ0) is 25.5. The fraction of sp³-hybridized carbons (Fsp3) is 0.417.